The van der Waals surface area contributed by atoms with E-state index < -0.39 is 0 Å². The van der Waals surface area contributed by atoms with Crippen molar-refractivity contribution in [3.63, 3.8) is 0 Å². The first kappa shape index (κ1) is 12.8. The summed E-state index contributed by atoms with van der Waals surface area (Å²) >= 11 is 0. The Kier molecular flexibility index (Phi) is 2.62. The minimum absolute atomic E-state index is 0.0425. The molecule has 0 spiro atoms. The molecule has 4 aromatic rings. The lowest BCUT2D eigenvalue weighted by molar-refractivity contribution is 0.600. The van der Waals surface area contributed by atoms with Crippen LogP contribution < -0.4 is 5.56 Å². The third-order valence-corrected chi connectivity index (χ3v) is 3.73. The maximum absolute atomic E-state index is 13.0. The first-order valence-electron chi connectivity index (χ1n) is 7.05. The van der Waals surface area contributed by atoms with E-state index in [2.05, 4.69) is 15.3 Å². The second-order valence-electron chi connectivity index (χ2n) is 5.39. The molecule has 22 heavy (non-hydrogen) atoms. The number of hydrogen-bond acceptors (Lipinski definition) is 4. The minimum Gasteiger partial charge on any atom is -0.302 e. The van der Waals surface area contributed by atoms with Crippen LogP contribution in [0.25, 0.3) is 22.4 Å². The SMILES string of the molecule is CC(C)n1c(=O)c2c(-n3ccnn3)ncn2c2ccccc21. The summed E-state index contributed by atoms with van der Waals surface area (Å²) in [5, 5.41) is 7.74. The van der Waals surface area contributed by atoms with E-state index in [1.807, 2.05) is 42.5 Å². The van der Waals surface area contributed by atoms with Crippen LogP contribution in [0.5, 0.6) is 0 Å². The first-order chi connectivity index (χ1) is 10.7. The summed E-state index contributed by atoms with van der Waals surface area (Å²) in [5.74, 6) is 0.489. The van der Waals surface area contributed by atoms with Gasteiger partial charge in [0, 0.05) is 6.04 Å². The Balaban J connectivity index is 2.24. The van der Waals surface area contributed by atoms with Crippen LogP contribution in [-0.2, 0) is 0 Å². The molecule has 0 aliphatic heterocycles. The summed E-state index contributed by atoms with van der Waals surface area (Å²) in [4.78, 5) is 17.4. The second-order valence-corrected chi connectivity index (χ2v) is 5.39. The Morgan fingerprint density at radius 2 is 1.91 bits per heavy atom. The zero-order valence-corrected chi connectivity index (χ0v) is 12.2. The summed E-state index contributed by atoms with van der Waals surface area (Å²) in [6.45, 7) is 3.99. The van der Waals surface area contributed by atoms with Gasteiger partial charge in [0.05, 0.1) is 23.4 Å². The van der Waals surface area contributed by atoms with Gasteiger partial charge in [0.15, 0.2) is 11.3 Å². The summed E-state index contributed by atoms with van der Waals surface area (Å²) < 4.78 is 5.11. The molecule has 0 N–H and O–H groups in total. The van der Waals surface area contributed by atoms with Crippen molar-refractivity contribution in [2.75, 3.05) is 0 Å². The predicted octanol–water partition coefficient (Wildman–Crippen LogP) is 1.81. The third-order valence-electron chi connectivity index (χ3n) is 3.73. The lowest BCUT2D eigenvalue weighted by atomic mass is 10.2. The molecule has 7 heteroatoms. The number of para-hydroxylation sites is 2. The molecule has 7 nitrogen and oxygen atoms in total. The van der Waals surface area contributed by atoms with Crippen LogP contribution >= 0.6 is 0 Å². The van der Waals surface area contributed by atoms with Gasteiger partial charge in [-0.3, -0.25) is 9.20 Å². The number of rotatable bonds is 2. The summed E-state index contributed by atoms with van der Waals surface area (Å²) in [6, 6.07) is 7.85. The summed E-state index contributed by atoms with van der Waals surface area (Å²) in [6.07, 6.45) is 4.89. The lowest BCUT2D eigenvalue weighted by Gasteiger charge is -2.15. The normalized spacial score (nSPS) is 11.8. The highest BCUT2D eigenvalue weighted by Gasteiger charge is 2.18. The fraction of sp³-hybridized carbons (Fsp3) is 0.200. The van der Waals surface area contributed by atoms with Crippen molar-refractivity contribution in [2.45, 2.75) is 19.9 Å². The quantitative estimate of drug-likeness (QED) is 0.565. The number of nitrogens with zero attached hydrogens (tertiary/aromatic N) is 6. The molecule has 110 valence electrons. The van der Waals surface area contributed by atoms with E-state index >= 15 is 0 Å². The molecule has 3 heterocycles. The van der Waals surface area contributed by atoms with Crippen molar-refractivity contribution in [1.29, 1.82) is 0 Å². The number of benzene rings is 1. The van der Waals surface area contributed by atoms with Gasteiger partial charge in [-0.05, 0) is 26.0 Å². The number of hydrogen-bond donors (Lipinski definition) is 0. The summed E-state index contributed by atoms with van der Waals surface area (Å²) in [7, 11) is 0. The van der Waals surface area contributed by atoms with Crippen LogP contribution in [0.2, 0.25) is 0 Å². The van der Waals surface area contributed by atoms with Gasteiger partial charge in [0.2, 0.25) is 0 Å². The zero-order chi connectivity index (χ0) is 15.3. The number of aromatic nitrogens is 6. The van der Waals surface area contributed by atoms with E-state index in [1.165, 1.54) is 4.68 Å². The highest BCUT2D eigenvalue weighted by molar-refractivity contribution is 5.80. The van der Waals surface area contributed by atoms with Gasteiger partial charge in [-0.1, -0.05) is 17.3 Å². The van der Waals surface area contributed by atoms with Gasteiger partial charge in [0.1, 0.15) is 6.33 Å². The van der Waals surface area contributed by atoms with Gasteiger partial charge in [-0.15, -0.1) is 5.10 Å². The molecule has 0 saturated carbocycles. The summed E-state index contributed by atoms with van der Waals surface area (Å²) in [5.41, 5.74) is 2.23. The Morgan fingerprint density at radius 1 is 1.14 bits per heavy atom. The number of fused-ring (bicyclic) bond motifs is 3. The third kappa shape index (κ3) is 1.62. The van der Waals surface area contributed by atoms with Crippen molar-refractivity contribution in [1.82, 2.24) is 28.9 Å². The van der Waals surface area contributed by atoms with E-state index in [0.717, 1.165) is 11.0 Å². The van der Waals surface area contributed by atoms with Gasteiger partial charge < -0.3 is 4.57 Å². The maximum Gasteiger partial charge on any atom is 0.279 e. The van der Waals surface area contributed by atoms with E-state index in [-0.39, 0.29) is 11.6 Å². The molecule has 0 bridgehead atoms. The zero-order valence-electron chi connectivity index (χ0n) is 12.2. The molecule has 0 atom stereocenters. The topological polar surface area (TPSA) is 70.0 Å². The van der Waals surface area contributed by atoms with Crippen molar-refractivity contribution >= 4 is 16.6 Å². The van der Waals surface area contributed by atoms with E-state index in [9.17, 15) is 4.79 Å². The van der Waals surface area contributed by atoms with Crippen molar-refractivity contribution in [3.05, 3.63) is 53.3 Å². The van der Waals surface area contributed by atoms with E-state index in [4.69, 9.17) is 0 Å². The predicted molar refractivity (Wildman–Crippen MR) is 82.3 cm³/mol. The van der Waals surface area contributed by atoms with Crippen LogP contribution in [0.1, 0.15) is 19.9 Å². The molecule has 0 saturated heterocycles. The highest BCUT2D eigenvalue weighted by Crippen LogP contribution is 2.20. The molecule has 4 rings (SSSR count). The molecular weight excluding hydrogens is 280 g/mol. The first-order valence-corrected chi connectivity index (χ1v) is 7.05. The van der Waals surface area contributed by atoms with Gasteiger partial charge in [0.25, 0.3) is 5.56 Å². The average Bonchev–Trinajstić information content (AvgIpc) is 3.16. The molecule has 0 unspecified atom stereocenters. The van der Waals surface area contributed by atoms with E-state index in [0.29, 0.717) is 11.3 Å². The standard InChI is InChI=1S/C15H14N6O/c1-10(2)21-12-6-4-3-5-11(12)19-9-16-14(13(19)15(21)22)20-8-7-17-18-20/h3-10H,1-2H3. The van der Waals surface area contributed by atoms with Crippen LogP contribution in [0, 0.1) is 0 Å². The molecule has 1 aromatic carbocycles. The van der Waals surface area contributed by atoms with Crippen LogP contribution in [0.4, 0.5) is 0 Å². The highest BCUT2D eigenvalue weighted by atomic mass is 16.1. The molecular formula is C15H14N6O. The van der Waals surface area contributed by atoms with Crippen LogP contribution in [-0.4, -0.2) is 28.9 Å². The fourth-order valence-electron chi connectivity index (χ4n) is 2.82. The average molecular weight is 294 g/mol. The molecule has 0 aliphatic rings. The van der Waals surface area contributed by atoms with E-state index in [1.54, 1.807) is 23.3 Å². The monoisotopic (exact) mass is 294 g/mol. The molecule has 0 radical (unpaired) electrons. The Bertz CT molecular complexity index is 1030. The largest absolute Gasteiger partial charge is 0.302 e. The molecule has 3 aromatic heterocycles. The van der Waals surface area contributed by atoms with Crippen molar-refractivity contribution < 1.29 is 0 Å². The Morgan fingerprint density at radius 3 is 2.59 bits per heavy atom. The maximum atomic E-state index is 13.0. The number of imidazole rings is 1. The van der Waals surface area contributed by atoms with Gasteiger partial charge >= 0.3 is 0 Å². The lowest BCUT2D eigenvalue weighted by Crippen LogP contribution is -2.25. The Labute approximate surface area is 125 Å². The fourth-order valence-corrected chi connectivity index (χ4v) is 2.82. The van der Waals surface area contributed by atoms with Crippen LogP contribution in [0.3, 0.4) is 0 Å². The Hall–Kier alpha value is -2.96. The smallest absolute Gasteiger partial charge is 0.279 e. The second kappa shape index (κ2) is 4.52. The molecule has 0 amide bonds. The minimum atomic E-state index is -0.0864. The molecule has 0 aliphatic carbocycles. The van der Waals surface area contributed by atoms with Crippen LogP contribution in [0.15, 0.2) is 47.8 Å². The van der Waals surface area contributed by atoms with Gasteiger partial charge in [-0.2, -0.15) is 4.68 Å². The van der Waals surface area contributed by atoms with Crippen molar-refractivity contribution in [2.24, 2.45) is 0 Å². The molecule has 0 fully saturated rings. The van der Waals surface area contributed by atoms with Crippen molar-refractivity contribution in [3.8, 4) is 5.82 Å². The van der Waals surface area contributed by atoms with Gasteiger partial charge in [-0.25, -0.2) is 4.98 Å².